The third kappa shape index (κ3) is 2.21. The molecule has 1 unspecified atom stereocenters. The predicted octanol–water partition coefficient (Wildman–Crippen LogP) is 0.178. The number of aliphatic hydroxyl groups excluding tert-OH is 2. The molecule has 2 aromatic heterocycles. The van der Waals surface area contributed by atoms with Crippen LogP contribution in [0.15, 0.2) is 24.5 Å². The average molecular weight is 221 g/mol. The van der Waals surface area contributed by atoms with Gasteiger partial charge in [0.25, 0.3) is 0 Å². The molecule has 0 fully saturated rings. The first-order valence-electron chi connectivity index (χ1n) is 5.24. The Hall–Kier alpha value is -1.43. The summed E-state index contributed by atoms with van der Waals surface area (Å²) in [6, 6.07) is 3.76. The van der Waals surface area contributed by atoms with E-state index in [1.165, 1.54) is 0 Å². The molecule has 0 aliphatic rings. The van der Waals surface area contributed by atoms with Crippen molar-refractivity contribution in [3.05, 3.63) is 30.1 Å². The van der Waals surface area contributed by atoms with Crippen LogP contribution >= 0.6 is 0 Å². The Morgan fingerprint density at radius 2 is 2.38 bits per heavy atom. The van der Waals surface area contributed by atoms with Gasteiger partial charge < -0.3 is 20.5 Å². The largest absolute Gasteiger partial charge is 0.395 e. The van der Waals surface area contributed by atoms with Crippen LogP contribution < -0.4 is 5.32 Å². The van der Waals surface area contributed by atoms with Gasteiger partial charge in [-0.3, -0.25) is 0 Å². The van der Waals surface area contributed by atoms with Crippen LogP contribution in [0.2, 0.25) is 0 Å². The topological polar surface area (TPSA) is 81.2 Å². The molecule has 5 nitrogen and oxygen atoms in total. The van der Waals surface area contributed by atoms with Crippen molar-refractivity contribution in [2.75, 3.05) is 19.7 Å². The summed E-state index contributed by atoms with van der Waals surface area (Å²) >= 11 is 0. The van der Waals surface area contributed by atoms with Gasteiger partial charge in [0.1, 0.15) is 5.65 Å². The monoisotopic (exact) mass is 221 g/mol. The molecular formula is C11H15N3O2. The quantitative estimate of drug-likeness (QED) is 0.543. The van der Waals surface area contributed by atoms with Gasteiger partial charge in [0.05, 0.1) is 12.7 Å². The number of pyridine rings is 1. The van der Waals surface area contributed by atoms with E-state index in [-0.39, 0.29) is 6.61 Å². The Bertz CT molecular complexity index is 455. The van der Waals surface area contributed by atoms with E-state index < -0.39 is 6.10 Å². The molecule has 86 valence electrons. The first-order valence-corrected chi connectivity index (χ1v) is 5.24. The maximum absolute atomic E-state index is 9.94. The molecular weight excluding hydrogens is 206 g/mol. The normalized spacial score (nSPS) is 13.1. The van der Waals surface area contributed by atoms with Crippen molar-refractivity contribution in [2.45, 2.75) is 6.10 Å². The number of aromatic amines is 1. The summed E-state index contributed by atoms with van der Waals surface area (Å²) in [5, 5.41) is 22.4. The number of rotatable bonds is 5. The molecule has 0 saturated heterocycles. The lowest BCUT2D eigenvalue weighted by molar-refractivity contribution is 0.172. The summed E-state index contributed by atoms with van der Waals surface area (Å²) in [5.74, 6) is 0. The number of fused-ring (bicyclic) bond motifs is 1. The van der Waals surface area contributed by atoms with E-state index in [2.05, 4.69) is 15.3 Å². The minimum Gasteiger partial charge on any atom is -0.395 e. The molecule has 0 radical (unpaired) electrons. The number of nitrogens with zero attached hydrogens (tertiary/aromatic N) is 1. The fraction of sp³-hybridized carbons (Fsp3) is 0.364. The molecule has 16 heavy (non-hydrogen) atoms. The highest BCUT2D eigenvalue weighted by Gasteiger charge is 2.12. The second-order valence-corrected chi connectivity index (χ2v) is 3.59. The van der Waals surface area contributed by atoms with Crippen LogP contribution in [0.25, 0.3) is 11.0 Å². The lowest BCUT2D eigenvalue weighted by Crippen LogP contribution is -2.24. The maximum Gasteiger partial charge on any atom is 0.137 e. The highest BCUT2D eigenvalue weighted by Crippen LogP contribution is 2.21. The molecule has 0 saturated carbocycles. The number of hydrogen-bond acceptors (Lipinski definition) is 4. The van der Waals surface area contributed by atoms with Gasteiger partial charge >= 0.3 is 0 Å². The van der Waals surface area contributed by atoms with E-state index in [0.717, 1.165) is 16.6 Å². The van der Waals surface area contributed by atoms with Gasteiger partial charge in [-0.25, -0.2) is 4.98 Å². The second-order valence-electron chi connectivity index (χ2n) is 3.59. The number of nitrogens with one attached hydrogen (secondary N) is 2. The van der Waals surface area contributed by atoms with E-state index >= 15 is 0 Å². The fourth-order valence-corrected chi connectivity index (χ4v) is 1.68. The third-order valence-electron chi connectivity index (χ3n) is 2.47. The summed E-state index contributed by atoms with van der Waals surface area (Å²) in [4.78, 5) is 7.16. The molecule has 2 rings (SSSR count). The van der Waals surface area contributed by atoms with Crippen LogP contribution in [0, 0.1) is 0 Å². The molecule has 0 spiro atoms. The van der Waals surface area contributed by atoms with Crippen LogP contribution in [0.5, 0.6) is 0 Å². The third-order valence-corrected chi connectivity index (χ3v) is 2.47. The number of aliphatic hydroxyl groups is 2. The number of aromatic nitrogens is 2. The zero-order valence-corrected chi connectivity index (χ0v) is 8.85. The van der Waals surface area contributed by atoms with Gasteiger partial charge in [0.2, 0.25) is 0 Å². The standard InChI is InChI=1S/C11H15N3O2/c15-5-4-12-7-10(16)9-6-14-11-8(9)2-1-3-13-11/h1-3,6,10,12,15-16H,4-5,7H2,(H,13,14). The first-order chi connectivity index (χ1) is 7.83. The van der Waals surface area contributed by atoms with E-state index in [9.17, 15) is 5.11 Å². The van der Waals surface area contributed by atoms with E-state index in [4.69, 9.17) is 5.11 Å². The van der Waals surface area contributed by atoms with Gasteiger partial charge in [-0.1, -0.05) is 0 Å². The number of H-pyrrole nitrogens is 1. The summed E-state index contributed by atoms with van der Waals surface area (Å²) in [7, 11) is 0. The van der Waals surface area contributed by atoms with E-state index in [1.807, 2.05) is 12.1 Å². The Kier molecular flexibility index (Phi) is 3.51. The van der Waals surface area contributed by atoms with Crippen LogP contribution in [0.4, 0.5) is 0 Å². The molecule has 0 aromatic carbocycles. The highest BCUT2D eigenvalue weighted by atomic mass is 16.3. The minimum atomic E-state index is -0.593. The van der Waals surface area contributed by atoms with Crippen molar-refractivity contribution in [1.82, 2.24) is 15.3 Å². The van der Waals surface area contributed by atoms with Crippen LogP contribution in [-0.4, -0.2) is 39.9 Å². The number of hydrogen-bond donors (Lipinski definition) is 4. The molecule has 4 N–H and O–H groups in total. The highest BCUT2D eigenvalue weighted by molar-refractivity contribution is 5.79. The lowest BCUT2D eigenvalue weighted by Gasteiger charge is -2.10. The Morgan fingerprint density at radius 1 is 1.50 bits per heavy atom. The summed E-state index contributed by atoms with van der Waals surface area (Å²) in [6.45, 7) is 0.974. The zero-order chi connectivity index (χ0) is 11.4. The molecule has 0 aliphatic heterocycles. The lowest BCUT2D eigenvalue weighted by atomic mass is 10.1. The molecule has 2 heterocycles. The van der Waals surface area contributed by atoms with E-state index in [1.54, 1.807) is 12.4 Å². The Balaban J connectivity index is 2.13. The second kappa shape index (κ2) is 5.07. The van der Waals surface area contributed by atoms with Crippen molar-refractivity contribution in [3.8, 4) is 0 Å². The van der Waals surface area contributed by atoms with Crippen LogP contribution in [0.1, 0.15) is 11.7 Å². The van der Waals surface area contributed by atoms with Crippen molar-refractivity contribution < 1.29 is 10.2 Å². The van der Waals surface area contributed by atoms with Crippen molar-refractivity contribution in [3.63, 3.8) is 0 Å². The summed E-state index contributed by atoms with van der Waals surface area (Å²) < 4.78 is 0. The summed E-state index contributed by atoms with van der Waals surface area (Å²) in [5.41, 5.74) is 1.60. The van der Waals surface area contributed by atoms with Gasteiger partial charge in [0.15, 0.2) is 0 Å². The van der Waals surface area contributed by atoms with Crippen molar-refractivity contribution in [1.29, 1.82) is 0 Å². The molecule has 0 aliphatic carbocycles. The van der Waals surface area contributed by atoms with Crippen molar-refractivity contribution in [2.24, 2.45) is 0 Å². The van der Waals surface area contributed by atoms with Crippen LogP contribution in [-0.2, 0) is 0 Å². The van der Waals surface area contributed by atoms with Gasteiger partial charge in [0, 0.05) is 36.4 Å². The first kappa shape index (κ1) is 11.1. The smallest absolute Gasteiger partial charge is 0.137 e. The molecule has 1 atom stereocenters. The molecule has 2 aromatic rings. The average Bonchev–Trinajstić information content (AvgIpc) is 2.73. The zero-order valence-electron chi connectivity index (χ0n) is 8.85. The van der Waals surface area contributed by atoms with Gasteiger partial charge in [-0.15, -0.1) is 0 Å². The minimum absolute atomic E-state index is 0.0716. The Labute approximate surface area is 93.1 Å². The van der Waals surface area contributed by atoms with Crippen LogP contribution in [0.3, 0.4) is 0 Å². The summed E-state index contributed by atoms with van der Waals surface area (Å²) in [6.07, 6.45) is 2.88. The van der Waals surface area contributed by atoms with E-state index in [0.29, 0.717) is 13.1 Å². The van der Waals surface area contributed by atoms with Gasteiger partial charge in [-0.2, -0.15) is 0 Å². The van der Waals surface area contributed by atoms with Crippen molar-refractivity contribution >= 4 is 11.0 Å². The SMILES string of the molecule is OCCNCC(O)c1c[nH]c2ncccc12. The molecule has 5 heteroatoms. The van der Waals surface area contributed by atoms with Gasteiger partial charge in [-0.05, 0) is 12.1 Å². The predicted molar refractivity (Wildman–Crippen MR) is 61.0 cm³/mol. The Morgan fingerprint density at radius 3 is 3.19 bits per heavy atom. The molecule has 0 amide bonds. The maximum atomic E-state index is 9.94. The molecule has 0 bridgehead atoms. The fourth-order valence-electron chi connectivity index (χ4n) is 1.68.